The molecule has 8 rings (SSSR count). The number of rotatable bonds is 24. The van der Waals surface area contributed by atoms with Crippen LogP contribution >= 0.6 is 30.3 Å². The summed E-state index contributed by atoms with van der Waals surface area (Å²) in [6.07, 6.45) is 2.62. The molecule has 5 aromatic rings. The van der Waals surface area contributed by atoms with Crippen molar-refractivity contribution in [3.8, 4) is 10.4 Å². The number of aliphatic hydroxyl groups is 1. The number of carbonyl (C=O) groups is 8. The molecule has 0 radical (unpaired) electrons. The van der Waals surface area contributed by atoms with Crippen LogP contribution in [0.3, 0.4) is 0 Å². The number of thiophene rings is 1. The Bertz CT molecular complexity index is 3560. The van der Waals surface area contributed by atoms with Gasteiger partial charge in [-0.25, -0.2) is 4.98 Å². The van der Waals surface area contributed by atoms with Gasteiger partial charge >= 0.3 is 13.3 Å². The Balaban J connectivity index is 0.795. The quantitative estimate of drug-likeness (QED) is 0.0175. The second kappa shape index (κ2) is 30.6. The summed E-state index contributed by atoms with van der Waals surface area (Å²) in [6, 6.07) is 16.7. The maximum absolute atomic E-state index is 14.9. The average molecular weight is 1350 g/mol. The van der Waals surface area contributed by atoms with Crippen LogP contribution in [0.25, 0.3) is 20.5 Å². The standard InChI is InChI=1S/C66H86F2N9O13PS2/c1-40(42-21-23-44(24-22-42)56-41(2)70-39-92-56)71-59(82)48-34-47(78)36-77(48)63(86)57(64(3,4)5)72-53(79)20-16-11-9-10-12-17-27-69-54(80)35-55(81)74-28-29-76(49(37-74)61(84)75-30-31-90-50(38-75)43-18-14-13-15-19-43)62(85)58(65(6,7)8)73-60(83)52-33-45-32-46(25-26-51(45)93-52)66(67,68)91(87,88)89/h13-15,18-19,21-26,32-33,39-40,47-50,57-58,78H,9-12,16-17,20,27-31,34-38H2,1-8H3,(H,69,80)(H,71,82)(H,72,79)(H,73,83)(H2,87,88,89)/t40-,47+,48-,49-,50-,57+,58+/m0/s1. The van der Waals surface area contributed by atoms with Crippen LogP contribution in [0.15, 0.2) is 84.4 Å². The minimum atomic E-state index is -5.88. The molecule has 0 saturated carbocycles. The van der Waals surface area contributed by atoms with Crippen LogP contribution in [-0.4, -0.2) is 169 Å². The van der Waals surface area contributed by atoms with E-state index in [1.807, 2.05) is 89.2 Å². The molecule has 0 bridgehead atoms. The summed E-state index contributed by atoms with van der Waals surface area (Å²) < 4.78 is 47.3. The van der Waals surface area contributed by atoms with E-state index in [2.05, 4.69) is 26.3 Å². The van der Waals surface area contributed by atoms with Gasteiger partial charge in [0.05, 0.1) is 52.8 Å². The van der Waals surface area contributed by atoms with Gasteiger partial charge in [-0.15, -0.1) is 22.7 Å². The lowest BCUT2D eigenvalue weighted by Crippen LogP contribution is -2.66. The van der Waals surface area contributed by atoms with Crippen LogP contribution in [0.2, 0.25) is 0 Å². The number of carbonyl (C=O) groups excluding carboxylic acids is 8. The van der Waals surface area contributed by atoms with E-state index in [-0.39, 0.29) is 80.9 Å². The lowest BCUT2D eigenvalue weighted by atomic mass is 9.85. The van der Waals surface area contributed by atoms with E-state index in [4.69, 9.17) is 4.74 Å². The maximum Gasteiger partial charge on any atom is 0.399 e. The Morgan fingerprint density at radius 2 is 1.40 bits per heavy atom. The molecular weight excluding hydrogens is 1260 g/mol. The molecule has 3 aliphatic heterocycles. The summed E-state index contributed by atoms with van der Waals surface area (Å²) >= 11 is 2.48. The van der Waals surface area contributed by atoms with Gasteiger partial charge in [0.2, 0.25) is 41.4 Å². The molecule has 3 saturated heterocycles. The van der Waals surface area contributed by atoms with Gasteiger partial charge in [-0.05, 0) is 77.8 Å². The Hall–Kier alpha value is -7.06. The Morgan fingerprint density at radius 1 is 0.742 bits per heavy atom. The van der Waals surface area contributed by atoms with E-state index in [0.29, 0.717) is 24.1 Å². The molecule has 3 aliphatic rings. The Labute approximate surface area is 548 Å². The SMILES string of the molecule is Cc1ncsc1-c1ccc([C@H](C)NC(=O)[C@@H]2C[C@@H](O)CN2C(=O)[C@@H](NC(=O)CCCCCCCCNC(=O)CC(=O)N2CCN(C(=O)[C@@H](NC(=O)c3cc4cc(C(F)(F)P(=O)(O)O)ccc4s3)C(C)(C)C)[C@H](C(=O)N3CCO[C@H](c4ccccc4)C3)C2)C(C)(C)C)cc1. The number of amides is 8. The van der Waals surface area contributed by atoms with Gasteiger partial charge in [-0.3, -0.25) is 42.9 Å². The summed E-state index contributed by atoms with van der Waals surface area (Å²) in [4.78, 5) is 142. The summed E-state index contributed by atoms with van der Waals surface area (Å²) in [5, 5.41) is 22.4. The Kier molecular flexibility index (Phi) is 23.6. The number of nitrogens with zero attached hydrogens (tertiary/aromatic N) is 5. The van der Waals surface area contributed by atoms with Gasteiger partial charge in [0.15, 0.2) is 0 Å². The van der Waals surface area contributed by atoms with Crippen LogP contribution in [0.5, 0.6) is 0 Å². The fourth-order valence-corrected chi connectivity index (χ4v) is 14.1. The topological polar surface area (TPSA) is 298 Å². The minimum Gasteiger partial charge on any atom is -0.391 e. The average Bonchev–Trinajstić information content (AvgIpc) is 1.78. The van der Waals surface area contributed by atoms with E-state index >= 15 is 0 Å². The van der Waals surface area contributed by atoms with Gasteiger partial charge in [-0.1, -0.05) is 128 Å². The van der Waals surface area contributed by atoms with Crippen LogP contribution < -0.4 is 21.3 Å². The number of hydrogen-bond acceptors (Lipinski definition) is 14. The van der Waals surface area contributed by atoms with Crippen LogP contribution in [0, 0.1) is 17.8 Å². The molecule has 0 unspecified atom stereocenters. The first-order valence-corrected chi connectivity index (χ1v) is 34.8. The smallest absolute Gasteiger partial charge is 0.391 e. The minimum absolute atomic E-state index is 0.0241. The van der Waals surface area contributed by atoms with Gasteiger partial charge in [0.1, 0.15) is 36.7 Å². The van der Waals surface area contributed by atoms with E-state index in [1.165, 1.54) is 26.8 Å². The van der Waals surface area contributed by atoms with Crippen molar-refractivity contribution in [2.45, 2.75) is 161 Å². The molecule has 504 valence electrons. The number of piperazine rings is 1. The molecule has 7 atom stereocenters. The second-order valence-electron chi connectivity index (χ2n) is 26.4. The van der Waals surface area contributed by atoms with Crippen LogP contribution in [0.1, 0.15) is 150 Å². The Morgan fingerprint density at radius 3 is 2.05 bits per heavy atom. The first-order valence-electron chi connectivity index (χ1n) is 31.5. The van der Waals surface area contributed by atoms with Crippen molar-refractivity contribution in [2.24, 2.45) is 10.8 Å². The van der Waals surface area contributed by atoms with Crippen LogP contribution in [0.4, 0.5) is 8.78 Å². The number of aromatic nitrogens is 1. The fourth-order valence-electron chi connectivity index (χ4n) is 11.8. The molecule has 8 amide bonds. The fraction of sp³-hybridized carbons (Fsp3) is 0.530. The van der Waals surface area contributed by atoms with E-state index in [9.17, 15) is 66.6 Å². The number of ether oxygens (including phenoxy) is 1. The predicted molar refractivity (Wildman–Crippen MR) is 349 cm³/mol. The van der Waals surface area contributed by atoms with E-state index < -0.39 is 114 Å². The molecule has 3 fully saturated rings. The summed E-state index contributed by atoms with van der Waals surface area (Å²) in [7, 11) is -5.88. The molecule has 2 aromatic heterocycles. The second-order valence-corrected chi connectivity index (χ2v) is 30.0. The number of aryl methyl sites for hydroxylation is 1. The van der Waals surface area contributed by atoms with E-state index in [1.54, 1.807) is 42.5 Å². The van der Waals surface area contributed by atoms with Gasteiger partial charge < -0.3 is 60.5 Å². The third-order valence-electron chi connectivity index (χ3n) is 17.2. The molecule has 3 aromatic carbocycles. The van der Waals surface area contributed by atoms with Crippen molar-refractivity contribution >= 4 is 87.6 Å². The third-order valence-corrected chi connectivity index (χ3v) is 20.3. The van der Waals surface area contributed by atoms with Gasteiger partial charge in [0.25, 0.3) is 5.91 Å². The van der Waals surface area contributed by atoms with Crippen molar-refractivity contribution in [3.05, 3.63) is 112 Å². The molecule has 0 aliphatic carbocycles. The van der Waals surface area contributed by atoms with Gasteiger partial charge in [-0.2, -0.15) is 8.78 Å². The zero-order valence-electron chi connectivity index (χ0n) is 53.8. The maximum atomic E-state index is 14.9. The number of hydrogen-bond donors (Lipinski definition) is 7. The van der Waals surface area contributed by atoms with Crippen molar-refractivity contribution in [2.75, 3.05) is 52.4 Å². The number of fused-ring (bicyclic) bond motifs is 1. The number of morpholine rings is 1. The molecule has 27 heteroatoms. The highest BCUT2D eigenvalue weighted by Crippen LogP contribution is 2.59. The lowest BCUT2D eigenvalue weighted by molar-refractivity contribution is -0.158. The molecular formula is C66H86F2N9O13PS2. The molecule has 22 nitrogen and oxygen atoms in total. The number of unbranched alkanes of at least 4 members (excludes halogenated alkanes) is 5. The number of nitrogens with one attached hydrogen (secondary N) is 4. The van der Waals surface area contributed by atoms with Crippen molar-refractivity contribution in [1.82, 2.24) is 45.9 Å². The number of β-amino-alcohol motifs (C(OH)–C–C–N with tert-alkyl or cyclic N) is 1. The first kappa shape index (κ1) is 71.8. The van der Waals surface area contributed by atoms with Crippen molar-refractivity contribution in [3.63, 3.8) is 0 Å². The summed E-state index contributed by atoms with van der Waals surface area (Å²) in [5.74, 6) is -4.02. The molecule has 7 N–H and O–H groups in total. The number of halogens is 2. The predicted octanol–water partition coefficient (Wildman–Crippen LogP) is 7.95. The lowest BCUT2D eigenvalue weighted by Gasteiger charge is -2.45. The number of benzene rings is 3. The zero-order valence-corrected chi connectivity index (χ0v) is 56.4. The molecule has 0 spiro atoms. The number of likely N-dealkylation sites (tertiary alicyclic amines) is 1. The number of aliphatic hydroxyl groups excluding tert-OH is 1. The van der Waals surface area contributed by atoms with E-state index in [0.717, 1.165) is 76.4 Å². The van der Waals surface area contributed by atoms with Crippen LogP contribution in [-0.2, 0) is 48.5 Å². The molecule has 5 heterocycles. The number of thiazole rings is 1. The summed E-state index contributed by atoms with van der Waals surface area (Å²) in [6.45, 7) is 14.9. The van der Waals surface area contributed by atoms with Gasteiger partial charge in [0, 0.05) is 55.8 Å². The normalized spacial score (nSPS) is 19.2. The van der Waals surface area contributed by atoms with Crippen molar-refractivity contribution in [1.29, 1.82) is 0 Å². The highest BCUT2D eigenvalue weighted by atomic mass is 32.1. The largest absolute Gasteiger partial charge is 0.399 e. The number of alkyl halides is 2. The zero-order chi connectivity index (χ0) is 67.7. The first-order chi connectivity index (χ1) is 43.8. The van der Waals surface area contributed by atoms with Crippen molar-refractivity contribution < 1.29 is 71.3 Å². The summed E-state index contributed by atoms with van der Waals surface area (Å²) in [5.41, 5.74) is -1.62. The third kappa shape index (κ3) is 18.0. The molecule has 93 heavy (non-hydrogen) atoms. The monoisotopic (exact) mass is 1350 g/mol. The highest BCUT2D eigenvalue weighted by molar-refractivity contribution is 7.52. The highest BCUT2D eigenvalue weighted by Gasteiger charge is 2.51.